The molecule has 3 aromatic rings. The van der Waals surface area contributed by atoms with E-state index in [1.807, 2.05) is 61.5 Å². The molecule has 0 aromatic heterocycles. The van der Waals surface area contributed by atoms with E-state index in [2.05, 4.69) is 5.32 Å². The van der Waals surface area contributed by atoms with E-state index in [9.17, 15) is 13.2 Å². The standard InChI is InChI=1S/C27H31NO4S/c1-3-18-28-27(29)23-14-12-21(13-15-23)10-7-11-24-19-25(33(2,30)31)16-17-26(24)32-20-22-8-5-4-6-9-22/h4-6,8-9,12-17,19H,3,7,10-11,18,20H2,1-2H3,(H,28,29). The van der Waals surface area contributed by atoms with Crippen molar-refractivity contribution in [1.29, 1.82) is 0 Å². The van der Waals surface area contributed by atoms with Crippen molar-refractivity contribution >= 4 is 15.7 Å². The highest BCUT2D eigenvalue weighted by Gasteiger charge is 2.13. The number of carbonyl (C=O) groups is 1. The quantitative estimate of drug-likeness (QED) is 0.433. The Labute approximate surface area is 196 Å². The van der Waals surface area contributed by atoms with Gasteiger partial charge in [0.1, 0.15) is 12.4 Å². The Morgan fingerprint density at radius 2 is 1.64 bits per heavy atom. The molecule has 1 N–H and O–H groups in total. The third kappa shape index (κ3) is 7.46. The van der Waals surface area contributed by atoms with Gasteiger partial charge in [-0.1, -0.05) is 49.4 Å². The zero-order chi connectivity index (χ0) is 23.7. The maximum absolute atomic E-state index is 12.1. The molecule has 0 aliphatic rings. The molecule has 0 aliphatic carbocycles. The van der Waals surface area contributed by atoms with E-state index in [0.29, 0.717) is 35.8 Å². The zero-order valence-corrected chi connectivity index (χ0v) is 20.0. The Morgan fingerprint density at radius 3 is 2.30 bits per heavy atom. The van der Waals surface area contributed by atoms with Crippen LogP contribution < -0.4 is 10.1 Å². The van der Waals surface area contributed by atoms with Crippen molar-refractivity contribution in [2.24, 2.45) is 0 Å². The fourth-order valence-electron chi connectivity index (χ4n) is 3.50. The fourth-order valence-corrected chi connectivity index (χ4v) is 4.18. The molecule has 0 bridgehead atoms. The number of nitrogens with one attached hydrogen (secondary N) is 1. The average molecular weight is 466 g/mol. The summed E-state index contributed by atoms with van der Waals surface area (Å²) in [6.07, 6.45) is 4.46. The van der Waals surface area contributed by atoms with Crippen LogP contribution >= 0.6 is 0 Å². The molecular weight excluding hydrogens is 434 g/mol. The number of amides is 1. The Bertz CT molecular complexity index is 1160. The smallest absolute Gasteiger partial charge is 0.251 e. The van der Waals surface area contributed by atoms with E-state index in [0.717, 1.165) is 36.0 Å². The number of hydrogen-bond acceptors (Lipinski definition) is 4. The summed E-state index contributed by atoms with van der Waals surface area (Å²) in [5.74, 6) is 0.649. The summed E-state index contributed by atoms with van der Waals surface area (Å²) < 4.78 is 30.1. The van der Waals surface area contributed by atoms with E-state index < -0.39 is 9.84 Å². The summed E-state index contributed by atoms with van der Waals surface area (Å²) in [5, 5.41) is 2.88. The van der Waals surface area contributed by atoms with E-state index >= 15 is 0 Å². The van der Waals surface area contributed by atoms with Crippen LogP contribution in [0.4, 0.5) is 0 Å². The van der Waals surface area contributed by atoms with Gasteiger partial charge in [0.05, 0.1) is 4.90 Å². The van der Waals surface area contributed by atoms with Gasteiger partial charge in [-0.25, -0.2) is 8.42 Å². The molecule has 0 fully saturated rings. The molecule has 3 rings (SSSR count). The average Bonchev–Trinajstić information content (AvgIpc) is 2.82. The van der Waals surface area contributed by atoms with E-state index in [1.165, 1.54) is 6.26 Å². The Hall–Kier alpha value is -3.12. The predicted octanol–water partition coefficient (Wildman–Crippen LogP) is 4.98. The van der Waals surface area contributed by atoms with Gasteiger partial charge in [0.25, 0.3) is 5.91 Å². The lowest BCUT2D eigenvalue weighted by atomic mass is 10.0. The van der Waals surface area contributed by atoms with Crippen molar-refractivity contribution in [1.82, 2.24) is 5.32 Å². The summed E-state index contributed by atoms with van der Waals surface area (Å²) >= 11 is 0. The van der Waals surface area contributed by atoms with Gasteiger partial charge in [-0.15, -0.1) is 0 Å². The van der Waals surface area contributed by atoms with Crippen LogP contribution in [0.2, 0.25) is 0 Å². The molecular formula is C27H31NO4S. The van der Waals surface area contributed by atoms with Crippen LogP contribution in [0.1, 0.15) is 46.8 Å². The third-order valence-corrected chi connectivity index (χ3v) is 6.47. The van der Waals surface area contributed by atoms with Crippen molar-refractivity contribution in [3.8, 4) is 5.75 Å². The largest absolute Gasteiger partial charge is 0.489 e. The highest BCUT2D eigenvalue weighted by Crippen LogP contribution is 2.26. The topological polar surface area (TPSA) is 72.5 Å². The maximum Gasteiger partial charge on any atom is 0.251 e. The lowest BCUT2D eigenvalue weighted by Crippen LogP contribution is -2.23. The van der Waals surface area contributed by atoms with Crippen molar-refractivity contribution in [2.45, 2.75) is 44.1 Å². The van der Waals surface area contributed by atoms with Gasteiger partial charge in [-0.3, -0.25) is 4.79 Å². The van der Waals surface area contributed by atoms with Crippen LogP contribution in [0, 0.1) is 0 Å². The molecule has 0 radical (unpaired) electrons. The maximum atomic E-state index is 12.1. The summed E-state index contributed by atoms with van der Waals surface area (Å²) in [6.45, 7) is 3.11. The van der Waals surface area contributed by atoms with Crippen molar-refractivity contribution in [3.63, 3.8) is 0 Å². The molecule has 0 spiro atoms. The van der Waals surface area contributed by atoms with Gasteiger partial charge in [-0.2, -0.15) is 0 Å². The number of aryl methyl sites for hydroxylation is 2. The number of rotatable bonds is 11. The van der Waals surface area contributed by atoms with Gasteiger partial charge in [-0.05, 0) is 72.7 Å². The van der Waals surface area contributed by atoms with Gasteiger partial charge in [0.2, 0.25) is 0 Å². The second-order valence-electron chi connectivity index (χ2n) is 8.12. The third-order valence-electron chi connectivity index (χ3n) is 5.36. The van der Waals surface area contributed by atoms with Crippen LogP contribution in [0.3, 0.4) is 0 Å². The van der Waals surface area contributed by atoms with E-state index in [4.69, 9.17) is 4.74 Å². The summed E-state index contributed by atoms with van der Waals surface area (Å²) in [6, 6.07) is 22.6. The van der Waals surface area contributed by atoms with Gasteiger partial charge in [0.15, 0.2) is 9.84 Å². The summed E-state index contributed by atoms with van der Waals surface area (Å²) in [7, 11) is -3.30. The van der Waals surface area contributed by atoms with Crippen LogP contribution in [0.25, 0.3) is 0 Å². The minimum Gasteiger partial charge on any atom is -0.489 e. The van der Waals surface area contributed by atoms with Crippen molar-refractivity contribution in [2.75, 3.05) is 12.8 Å². The minimum atomic E-state index is -3.30. The van der Waals surface area contributed by atoms with Crippen LogP contribution in [-0.4, -0.2) is 27.1 Å². The number of sulfone groups is 1. The number of carbonyl (C=O) groups excluding carboxylic acids is 1. The Morgan fingerprint density at radius 1 is 0.909 bits per heavy atom. The molecule has 0 unspecified atom stereocenters. The molecule has 0 saturated carbocycles. The minimum absolute atomic E-state index is 0.0544. The molecule has 5 nitrogen and oxygen atoms in total. The molecule has 33 heavy (non-hydrogen) atoms. The molecule has 6 heteroatoms. The van der Waals surface area contributed by atoms with E-state index in [-0.39, 0.29) is 5.91 Å². The van der Waals surface area contributed by atoms with Crippen molar-refractivity contribution < 1.29 is 17.9 Å². The number of benzene rings is 3. The van der Waals surface area contributed by atoms with Gasteiger partial charge < -0.3 is 10.1 Å². The second kappa shape index (κ2) is 11.7. The molecule has 0 saturated heterocycles. The van der Waals surface area contributed by atoms with Crippen LogP contribution in [0.5, 0.6) is 5.75 Å². The number of hydrogen-bond donors (Lipinski definition) is 1. The molecule has 0 atom stereocenters. The van der Waals surface area contributed by atoms with Gasteiger partial charge >= 0.3 is 0 Å². The molecule has 1 amide bonds. The second-order valence-corrected chi connectivity index (χ2v) is 10.1. The Balaban J connectivity index is 1.66. The first-order chi connectivity index (χ1) is 15.9. The predicted molar refractivity (Wildman–Crippen MR) is 131 cm³/mol. The zero-order valence-electron chi connectivity index (χ0n) is 19.2. The highest BCUT2D eigenvalue weighted by atomic mass is 32.2. The highest BCUT2D eigenvalue weighted by molar-refractivity contribution is 7.90. The normalized spacial score (nSPS) is 11.2. The molecule has 0 aliphatic heterocycles. The van der Waals surface area contributed by atoms with Crippen LogP contribution in [-0.2, 0) is 29.3 Å². The summed E-state index contributed by atoms with van der Waals surface area (Å²) in [5.41, 5.74) is 3.72. The molecule has 0 heterocycles. The number of ether oxygens (including phenoxy) is 1. The fraction of sp³-hybridized carbons (Fsp3) is 0.296. The monoisotopic (exact) mass is 465 g/mol. The van der Waals surface area contributed by atoms with Crippen molar-refractivity contribution in [3.05, 3.63) is 95.1 Å². The van der Waals surface area contributed by atoms with Gasteiger partial charge in [0, 0.05) is 18.4 Å². The lowest BCUT2D eigenvalue weighted by Gasteiger charge is -2.13. The summed E-state index contributed by atoms with van der Waals surface area (Å²) in [4.78, 5) is 12.4. The Kier molecular flexibility index (Phi) is 8.66. The first kappa shape index (κ1) is 24.5. The first-order valence-corrected chi connectivity index (χ1v) is 13.1. The van der Waals surface area contributed by atoms with E-state index in [1.54, 1.807) is 18.2 Å². The molecule has 3 aromatic carbocycles. The SMILES string of the molecule is CCCNC(=O)c1ccc(CCCc2cc(S(C)(=O)=O)ccc2OCc2ccccc2)cc1. The molecule has 174 valence electrons. The first-order valence-electron chi connectivity index (χ1n) is 11.2. The lowest BCUT2D eigenvalue weighted by molar-refractivity contribution is 0.0953. The van der Waals surface area contributed by atoms with Crippen LogP contribution in [0.15, 0.2) is 77.7 Å².